The number of nitrogen functional groups attached to an aromatic ring is 1. The zero-order chi connectivity index (χ0) is 10.8. The molecule has 0 bridgehead atoms. The lowest BCUT2D eigenvalue weighted by molar-refractivity contribution is 1.24. The van der Waals surface area contributed by atoms with E-state index in [1.54, 1.807) is 11.3 Å². The first-order chi connectivity index (χ1) is 7.18. The van der Waals surface area contributed by atoms with Crippen molar-refractivity contribution in [3.8, 4) is 0 Å². The van der Waals surface area contributed by atoms with Gasteiger partial charge in [-0.2, -0.15) is 0 Å². The van der Waals surface area contributed by atoms with Gasteiger partial charge < -0.3 is 10.6 Å². The van der Waals surface area contributed by atoms with Gasteiger partial charge in [-0.3, -0.25) is 0 Å². The Balaban J connectivity index is 2.36. The Morgan fingerprint density at radius 3 is 2.67 bits per heavy atom. The lowest BCUT2D eigenvalue weighted by Gasteiger charge is -2.18. The SMILES string of the molecule is CN(c1cc(Br)cs1)c1ccccc1N. The summed E-state index contributed by atoms with van der Waals surface area (Å²) in [5.74, 6) is 0. The minimum atomic E-state index is 0.796. The number of halogens is 1. The molecule has 1 heterocycles. The van der Waals surface area contributed by atoms with Crippen LogP contribution in [0, 0.1) is 0 Å². The van der Waals surface area contributed by atoms with E-state index in [2.05, 4.69) is 32.3 Å². The third-order valence-electron chi connectivity index (χ3n) is 2.18. The molecule has 2 nitrogen and oxygen atoms in total. The second kappa shape index (κ2) is 4.24. The molecular formula is C11H11BrN2S. The molecule has 0 aliphatic heterocycles. The van der Waals surface area contributed by atoms with Gasteiger partial charge in [0.1, 0.15) is 0 Å². The van der Waals surface area contributed by atoms with Crippen molar-refractivity contribution >= 4 is 43.6 Å². The van der Waals surface area contributed by atoms with Gasteiger partial charge in [0.05, 0.1) is 16.4 Å². The number of nitrogens with two attached hydrogens (primary N) is 1. The molecule has 0 aliphatic carbocycles. The Bertz CT molecular complexity index is 467. The fourth-order valence-electron chi connectivity index (χ4n) is 1.39. The molecule has 78 valence electrons. The molecule has 0 fully saturated rings. The van der Waals surface area contributed by atoms with Gasteiger partial charge in [0.15, 0.2) is 0 Å². The highest BCUT2D eigenvalue weighted by Crippen LogP contribution is 2.34. The summed E-state index contributed by atoms with van der Waals surface area (Å²) < 4.78 is 1.10. The molecule has 0 amide bonds. The van der Waals surface area contributed by atoms with Gasteiger partial charge in [-0.15, -0.1) is 11.3 Å². The van der Waals surface area contributed by atoms with Gasteiger partial charge in [-0.25, -0.2) is 0 Å². The summed E-state index contributed by atoms with van der Waals surface area (Å²) in [6.07, 6.45) is 0. The lowest BCUT2D eigenvalue weighted by atomic mass is 10.2. The molecule has 0 atom stereocenters. The Labute approximate surface area is 101 Å². The number of rotatable bonds is 2. The number of para-hydroxylation sites is 2. The predicted octanol–water partition coefficient (Wildman–Crippen LogP) is 3.86. The van der Waals surface area contributed by atoms with Crippen LogP contribution in [0.25, 0.3) is 0 Å². The lowest BCUT2D eigenvalue weighted by Crippen LogP contribution is -2.09. The van der Waals surface area contributed by atoms with E-state index in [0.717, 1.165) is 15.8 Å². The third kappa shape index (κ3) is 2.16. The highest BCUT2D eigenvalue weighted by Gasteiger charge is 2.08. The van der Waals surface area contributed by atoms with E-state index in [-0.39, 0.29) is 0 Å². The van der Waals surface area contributed by atoms with Gasteiger partial charge in [-0.1, -0.05) is 12.1 Å². The Morgan fingerprint density at radius 2 is 2.07 bits per heavy atom. The number of hydrogen-bond acceptors (Lipinski definition) is 3. The molecule has 0 unspecified atom stereocenters. The fourth-order valence-corrected chi connectivity index (χ4v) is 2.79. The normalized spacial score (nSPS) is 10.3. The molecule has 0 spiro atoms. The van der Waals surface area contributed by atoms with E-state index in [1.807, 2.05) is 31.3 Å². The number of thiophene rings is 1. The molecule has 1 aromatic carbocycles. The van der Waals surface area contributed by atoms with E-state index in [9.17, 15) is 0 Å². The van der Waals surface area contributed by atoms with Crippen LogP contribution < -0.4 is 10.6 Å². The standard InChI is InChI=1S/C11H11BrN2S/c1-14(11-6-8(12)7-15-11)10-5-3-2-4-9(10)13/h2-7H,13H2,1H3. The maximum atomic E-state index is 5.92. The zero-order valence-corrected chi connectivity index (χ0v) is 10.7. The Kier molecular flexibility index (Phi) is 2.98. The van der Waals surface area contributed by atoms with Crippen LogP contribution >= 0.6 is 27.3 Å². The minimum absolute atomic E-state index is 0.796. The van der Waals surface area contributed by atoms with Crippen molar-refractivity contribution in [2.45, 2.75) is 0 Å². The zero-order valence-electron chi connectivity index (χ0n) is 8.27. The average Bonchev–Trinajstić information content (AvgIpc) is 2.65. The number of anilines is 3. The Morgan fingerprint density at radius 1 is 1.33 bits per heavy atom. The van der Waals surface area contributed by atoms with Gasteiger partial charge in [-0.05, 0) is 34.1 Å². The van der Waals surface area contributed by atoms with Crippen LogP contribution in [0.15, 0.2) is 40.2 Å². The number of nitrogens with zero attached hydrogens (tertiary/aromatic N) is 1. The first-order valence-electron chi connectivity index (χ1n) is 4.51. The smallest absolute Gasteiger partial charge is 0.0962 e. The topological polar surface area (TPSA) is 29.3 Å². The summed E-state index contributed by atoms with van der Waals surface area (Å²) in [5.41, 5.74) is 7.75. The summed E-state index contributed by atoms with van der Waals surface area (Å²) in [7, 11) is 2.02. The predicted molar refractivity (Wildman–Crippen MR) is 70.9 cm³/mol. The summed E-state index contributed by atoms with van der Waals surface area (Å²) in [4.78, 5) is 2.09. The van der Waals surface area contributed by atoms with Crippen molar-refractivity contribution in [3.05, 3.63) is 40.2 Å². The number of hydrogen-bond donors (Lipinski definition) is 1. The van der Waals surface area contributed by atoms with Gasteiger partial charge in [0.25, 0.3) is 0 Å². The van der Waals surface area contributed by atoms with Crippen molar-refractivity contribution in [1.29, 1.82) is 0 Å². The maximum absolute atomic E-state index is 5.92. The third-order valence-corrected chi connectivity index (χ3v) is 3.95. The monoisotopic (exact) mass is 282 g/mol. The summed E-state index contributed by atoms with van der Waals surface area (Å²) in [6.45, 7) is 0. The summed E-state index contributed by atoms with van der Waals surface area (Å²) in [6, 6.07) is 9.94. The molecule has 0 saturated carbocycles. The van der Waals surface area contributed by atoms with E-state index in [1.165, 1.54) is 5.00 Å². The summed E-state index contributed by atoms with van der Waals surface area (Å²) in [5, 5.41) is 3.23. The highest BCUT2D eigenvalue weighted by molar-refractivity contribution is 9.10. The van der Waals surface area contributed by atoms with Crippen molar-refractivity contribution in [2.24, 2.45) is 0 Å². The van der Waals surface area contributed by atoms with Crippen molar-refractivity contribution in [2.75, 3.05) is 17.7 Å². The van der Waals surface area contributed by atoms with E-state index < -0.39 is 0 Å². The van der Waals surface area contributed by atoms with E-state index >= 15 is 0 Å². The van der Waals surface area contributed by atoms with E-state index in [4.69, 9.17) is 5.73 Å². The number of benzene rings is 1. The molecule has 0 radical (unpaired) electrons. The van der Waals surface area contributed by atoms with Crippen molar-refractivity contribution < 1.29 is 0 Å². The van der Waals surface area contributed by atoms with E-state index in [0.29, 0.717) is 0 Å². The first-order valence-corrected chi connectivity index (χ1v) is 6.18. The first kappa shape index (κ1) is 10.5. The van der Waals surface area contributed by atoms with Crippen LogP contribution in [0.3, 0.4) is 0 Å². The molecule has 2 aromatic rings. The molecule has 15 heavy (non-hydrogen) atoms. The molecule has 1 aromatic heterocycles. The molecule has 2 N–H and O–H groups in total. The minimum Gasteiger partial charge on any atom is -0.397 e. The second-order valence-corrected chi connectivity index (χ2v) is 5.03. The summed E-state index contributed by atoms with van der Waals surface area (Å²) >= 11 is 5.13. The quantitative estimate of drug-likeness (QED) is 0.848. The van der Waals surface area contributed by atoms with Gasteiger partial charge in [0.2, 0.25) is 0 Å². The van der Waals surface area contributed by atoms with Crippen LogP contribution in [-0.2, 0) is 0 Å². The van der Waals surface area contributed by atoms with Gasteiger partial charge in [0, 0.05) is 16.9 Å². The van der Waals surface area contributed by atoms with Crippen molar-refractivity contribution in [1.82, 2.24) is 0 Å². The van der Waals surface area contributed by atoms with Crippen molar-refractivity contribution in [3.63, 3.8) is 0 Å². The van der Waals surface area contributed by atoms with Gasteiger partial charge >= 0.3 is 0 Å². The average molecular weight is 283 g/mol. The van der Waals surface area contributed by atoms with Crippen LogP contribution in [0.1, 0.15) is 0 Å². The molecule has 0 aliphatic rings. The van der Waals surface area contributed by atoms with Crippen LogP contribution in [0.4, 0.5) is 16.4 Å². The largest absolute Gasteiger partial charge is 0.397 e. The molecule has 0 saturated heterocycles. The Hall–Kier alpha value is -1.00. The van der Waals surface area contributed by atoms with Crippen LogP contribution in [0.5, 0.6) is 0 Å². The van der Waals surface area contributed by atoms with Crippen LogP contribution in [-0.4, -0.2) is 7.05 Å². The second-order valence-electron chi connectivity index (χ2n) is 3.22. The maximum Gasteiger partial charge on any atom is 0.0962 e. The molecular weight excluding hydrogens is 272 g/mol. The fraction of sp³-hybridized carbons (Fsp3) is 0.0909. The molecule has 4 heteroatoms. The van der Waals surface area contributed by atoms with Crippen LogP contribution in [0.2, 0.25) is 0 Å². The highest BCUT2D eigenvalue weighted by atomic mass is 79.9. The molecule has 2 rings (SSSR count).